The lowest BCUT2D eigenvalue weighted by atomic mass is 10.2. The molecule has 2 heterocycles. The first-order chi connectivity index (χ1) is 15.0. The van der Waals surface area contributed by atoms with Gasteiger partial charge in [0, 0.05) is 55.6 Å². The zero-order valence-corrected chi connectivity index (χ0v) is 18.6. The largest absolute Gasteiger partial charge is 0.493 e. The van der Waals surface area contributed by atoms with Gasteiger partial charge in [0.15, 0.2) is 11.5 Å². The normalized spacial score (nSPS) is 15.1. The summed E-state index contributed by atoms with van der Waals surface area (Å²) < 4.78 is 44.5. The molecule has 0 atom stereocenters. The highest BCUT2D eigenvalue weighted by Crippen LogP contribution is 2.41. The van der Waals surface area contributed by atoms with Gasteiger partial charge in [-0.25, -0.2) is 8.42 Å². The van der Waals surface area contributed by atoms with Crippen LogP contribution >= 0.6 is 0 Å². The van der Waals surface area contributed by atoms with Gasteiger partial charge in [0.25, 0.3) is 0 Å². The van der Waals surface area contributed by atoms with Crippen LogP contribution in [-0.2, 0) is 10.0 Å². The fourth-order valence-electron chi connectivity index (χ4n) is 3.86. The second-order valence-electron chi connectivity index (χ2n) is 7.11. The monoisotopic (exact) mass is 443 g/mol. The molecule has 0 spiro atoms. The molecule has 0 amide bonds. The Hall–Kier alpha value is -3.04. The number of piperazine rings is 1. The number of fused-ring (bicyclic) bond motifs is 1. The van der Waals surface area contributed by atoms with E-state index in [9.17, 15) is 8.42 Å². The van der Waals surface area contributed by atoms with E-state index in [-0.39, 0.29) is 4.90 Å². The van der Waals surface area contributed by atoms with E-state index in [1.165, 1.54) is 4.31 Å². The van der Waals surface area contributed by atoms with Crippen molar-refractivity contribution in [2.45, 2.75) is 4.90 Å². The minimum Gasteiger partial charge on any atom is -0.493 e. The summed E-state index contributed by atoms with van der Waals surface area (Å²) in [7, 11) is 1.05. The van der Waals surface area contributed by atoms with Crippen LogP contribution in [0.3, 0.4) is 0 Å². The number of anilines is 1. The van der Waals surface area contributed by atoms with E-state index in [1.807, 2.05) is 24.3 Å². The fraction of sp³-hybridized carbons (Fsp3) is 0.318. The molecule has 1 saturated heterocycles. The van der Waals surface area contributed by atoms with Crippen LogP contribution in [0.2, 0.25) is 0 Å². The Morgan fingerprint density at radius 2 is 1.52 bits per heavy atom. The molecule has 1 aromatic heterocycles. The lowest BCUT2D eigenvalue weighted by Gasteiger charge is -2.35. The number of aromatic nitrogens is 1. The Morgan fingerprint density at radius 3 is 2.13 bits per heavy atom. The number of nitrogens with zero attached hydrogens (tertiary/aromatic N) is 3. The van der Waals surface area contributed by atoms with E-state index in [1.54, 1.807) is 45.7 Å². The summed E-state index contributed by atoms with van der Waals surface area (Å²) in [6, 6.07) is 12.7. The third-order valence-electron chi connectivity index (χ3n) is 5.47. The lowest BCUT2D eigenvalue weighted by molar-refractivity contribution is 0.324. The number of hydrogen-bond acceptors (Lipinski definition) is 7. The number of pyridine rings is 1. The Labute approximate surface area is 182 Å². The molecule has 0 aliphatic carbocycles. The predicted molar refractivity (Wildman–Crippen MR) is 119 cm³/mol. The summed E-state index contributed by atoms with van der Waals surface area (Å²) in [4.78, 5) is 6.65. The summed E-state index contributed by atoms with van der Waals surface area (Å²) in [5, 5.41) is 0.805. The molecule has 0 unspecified atom stereocenters. The Morgan fingerprint density at radius 1 is 0.871 bits per heavy atom. The zero-order valence-electron chi connectivity index (χ0n) is 17.7. The Bertz CT molecular complexity index is 1160. The zero-order chi connectivity index (χ0) is 22.0. The van der Waals surface area contributed by atoms with Crippen molar-refractivity contribution in [3.8, 4) is 17.2 Å². The van der Waals surface area contributed by atoms with Crippen molar-refractivity contribution in [2.24, 2.45) is 0 Å². The van der Waals surface area contributed by atoms with Crippen molar-refractivity contribution < 1.29 is 22.6 Å². The van der Waals surface area contributed by atoms with E-state index >= 15 is 0 Å². The van der Waals surface area contributed by atoms with Gasteiger partial charge in [-0.05, 0) is 12.1 Å². The van der Waals surface area contributed by atoms with Gasteiger partial charge in [-0.1, -0.05) is 18.2 Å². The second kappa shape index (κ2) is 8.60. The Kier molecular flexibility index (Phi) is 5.88. The molecule has 1 aliphatic heterocycles. The second-order valence-corrected chi connectivity index (χ2v) is 9.01. The standard InChI is InChI=1S/C22H25N3O5S/c1-28-18-14-17(15-19(29-2)22(18)30-3)24-10-12-25(13-11-24)31(26,27)20-8-4-6-16-7-5-9-23-21(16)20/h4-9,14-15H,10-13H2,1-3H3. The summed E-state index contributed by atoms with van der Waals surface area (Å²) in [6.45, 7) is 1.80. The number of ether oxygens (including phenoxy) is 3. The molecule has 0 radical (unpaired) electrons. The van der Waals surface area contributed by atoms with Crippen molar-refractivity contribution in [2.75, 3.05) is 52.4 Å². The molecule has 0 bridgehead atoms. The van der Waals surface area contributed by atoms with Crippen LogP contribution < -0.4 is 19.1 Å². The number of hydrogen-bond donors (Lipinski definition) is 0. The Balaban J connectivity index is 1.57. The van der Waals surface area contributed by atoms with Gasteiger partial charge < -0.3 is 19.1 Å². The van der Waals surface area contributed by atoms with Crippen molar-refractivity contribution in [3.63, 3.8) is 0 Å². The van der Waals surface area contributed by atoms with Gasteiger partial charge in [0.05, 0.1) is 26.8 Å². The van der Waals surface area contributed by atoms with Crippen LogP contribution in [-0.4, -0.2) is 65.2 Å². The van der Waals surface area contributed by atoms with Crippen LogP contribution in [0.25, 0.3) is 10.9 Å². The SMILES string of the molecule is COc1cc(N2CCN(S(=O)(=O)c3cccc4cccnc34)CC2)cc(OC)c1OC. The van der Waals surface area contributed by atoms with Crippen LogP contribution in [0.5, 0.6) is 17.2 Å². The van der Waals surface area contributed by atoms with Crippen molar-refractivity contribution in [1.82, 2.24) is 9.29 Å². The number of methoxy groups -OCH3 is 3. The number of rotatable bonds is 6. The first kappa shape index (κ1) is 21.2. The first-order valence-electron chi connectivity index (χ1n) is 9.88. The molecule has 0 saturated carbocycles. The minimum absolute atomic E-state index is 0.242. The van der Waals surface area contributed by atoms with E-state index < -0.39 is 10.0 Å². The maximum absolute atomic E-state index is 13.3. The van der Waals surface area contributed by atoms with Crippen LogP contribution in [0.4, 0.5) is 5.69 Å². The van der Waals surface area contributed by atoms with Gasteiger partial charge in [0.1, 0.15) is 4.90 Å². The van der Waals surface area contributed by atoms with Crippen molar-refractivity contribution in [1.29, 1.82) is 0 Å². The number of benzene rings is 2. The molecule has 2 aromatic carbocycles. The van der Waals surface area contributed by atoms with E-state index in [0.717, 1.165) is 11.1 Å². The molecule has 31 heavy (non-hydrogen) atoms. The maximum atomic E-state index is 13.3. The highest BCUT2D eigenvalue weighted by molar-refractivity contribution is 7.89. The molecular formula is C22H25N3O5S. The average Bonchev–Trinajstić information content (AvgIpc) is 2.82. The maximum Gasteiger partial charge on any atom is 0.245 e. The van der Waals surface area contributed by atoms with Crippen molar-refractivity contribution in [3.05, 3.63) is 48.7 Å². The van der Waals surface area contributed by atoms with Gasteiger partial charge in [-0.3, -0.25) is 4.98 Å². The highest BCUT2D eigenvalue weighted by Gasteiger charge is 2.30. The van der Waals surface area contributed by atoms with Gasteiger partial charge in [-0.2, -0.15) is 4.31 Å². The summed E-state index contributed by atoms with van der Waals surface area (Å²) in [5.74, 6) is 1.65. The van der Waals surface area contributed by atoms with Gasteiger partial charge in [-0.15, -0.1) is 0 Å². The lowest BCUT2D eigenvalue weighted by Crippen LogP contribution is -2.48. The van der Waals surface area contributed by atoms with Crippen LogP contribution in [0.1, 0.15) is 0 Å². The van der Waals surface area contributed by atoms with Gasteiger partial charge >= 0.3 is 0 Å². The van der Waals surface area contributed by atoms with Crippen molar-refractivity contribution >= 4 is 26.6 Å². The fourth-order valence-corrected chi connectivity index (χ4v) is 5.45. The molecule has 9 heteroatoms. The molecule has 4 rings (SSSR count). The molecule has 0 N–H and O–H groups in total. The quantitative estimate of drug-likeness (QED) is 0.579. The molecule has 1 fully saturated rings. The van der Waals surface area contributed by atoms with Crippen LogP contribution in [0, 0.1) is 0 Å². The van der Waals surface area contributed by atoms with Crippen LogP contribution in [0.15, 0.2) is 53.6 Å². The smallest absolute Gasteiger partial charge is 0.245 e. The average molecular weight is 444 g/mol. The topological polar surface area (TPSA) is 81.2 Å². The predicted octanol–water partition coefficient (Wildman–Crippen LogP) is 2.77. The van der Waals surface area contributed by atoms with E-state index in [0.29, 0.717) is 48.9 Å². The summed E-state index contributed by atoms with van der Waals surface area (Å²) in [5.41, 5.74) is 1.38. The third kappa shape index (κ3) is 3.86. The van der Waals surface area contributed by atoms with Gasteiger partial charge in [0.2, 0.25) is 15.8 Å². The van der Waals surface area contributed by atoms with E-state index in [4.69, 9.17) is 14.2 Å². The number of para-hydroxylation sites is 1. The minimum atomic E-state index is -3.66. The number of sulfonamides is 1. The highest BCUT2D eigenvalue weighted by atomic mass is 32.2. The third-order valence-corrected chi connectivity index (χ3v) is 7.40. The van der Waals surface area contributed by atoms with E-state index in [2.05, 4.69) is 9.88 Å². The molecule has 1 aliphatic rings. The molecular weight excluding hydrogens is 418 g/mol. The molecule has 8 nitrogen and oxygen atoms in total. The first-order valence-corrected chi connectivity index (χ1v) is 11.3. The molecule has 164 valence electrons. The summed E-state index contributed by atoms with van der Waals surface area (Å²) in [6.07, 6.45) is 1.61. The summed E-state index contributed by atoms with van der Waals surface area (Å²) >= 11 is 0. The molecule has 3 aromatic rings.